The molecule has 0 bridgehead atoms. The molecule has 1 aromatic carbocycles. The Bertz CT molecular complexity index is 512. The molecule has 0 amide bonds. The van der Waals surface area contributed by atoms with Crippen LogP contribution in [-0.2, 0) is 9.84 Å². The van der Waals surface area contributed by atoms with Crippen molar-refractivity contribution in [3.8, 4) is 5.75 Å². The van der Waals surface area contributed by atoms with E-state index in [0.29, 0.717) is 12.8 Å². The molecule has 2 N–H and O–H groups in total. The molecule has 0 fully saturated rings. The van der Waals surface area contributed by atoms with Crippen LogP contribution in [0.15, 0.2) is 24.3 Å². The van der Waals surface area contributed by atoms with Crippen LogP contribution in [0.3, 0.4) is 0 Å². The second-order valence-electron chi connectivity index (χ2n) is 5.22. The van der Waals surface area contributed by atoms with E-state index in [4.69, 9.17) is 10.5 Å². The van der Waals surface area contributed by atoms with Crippen molar-refractivity contribution in [1.29, 1.82) is 0 Å². The number of nitrogens with two attached hydrogens (primary N) is 1. The summed E-state index contributed by atoms with van der Waals surface area (Å²) in [6, 6.07) is 7.54. The number of sulfone groups is 1. The average Bonchev–Trinajstić information content (AvgIpc) is 2.38. The van der Waals surface area contributed by atoms with Crippen molar-refractivity contribution in [1.82, 2.24) is 0 Å². The smallest absolute Gasteiger partial charge is 0.150 e. The van der Waals surface area contributed by atoms with Crippen molar-refractivity contribution in [2.75, 3.05) is 11.5 Å². The van der Waals surface area contributed by atoms with Gasteiger partial charge in [0, 0.05) is 11.8 Å². The van der Waals surface area contributed by atoms with E-state index in [9.17, 15) is 8.42 Å². The number of rotatable bonds is 8. The van der Waals surface area contributed by atoms with Gasteiger partial charge < -0.3 is 10.5 Å². The highest BCUT2D eigenvalue weighted by Gasteiger charge is 2.11. The average molecular weight is 299 g/mol. The first kappa shape index (κ1) is 17.0. The van der Waals surface area contributed by atoms with Crippen molar-refractivity contribution in [2.24, 2.45) is 5.73 Å². The second-order valence-corrected chi connectivity index (χ2v) is 7.70. The molecule has 1 rings (SSSR count). The summed E-state index contributed by atoms with van der Waals surface area (Å²) in [6.45, 7) is 5.62. The SMILES string of the molecule is CCS(=O)(=O)CCCC(N)c1cccc(OC(C)C)c1. The highest BCUT2D eigenvalue weighted by molar-refractivity contribution is 7.91. The number of benzene rings is 1. The molecule has 0 spiro atoms. The van der Waals surface area contributed by atoms with E-state index in [-0.39, 0.29) is 23.7 Å². The van der Waals surface area contributed by atoms with Gasteiger partial charge in [0.05, 0.1) is 11.9 Å². The zero-order valence-corrected chi connectivity index (χ0v) is 13.3. The molecule has 0 radical (unpaired) electrons. The van der Waals surface area contributed by atoms with Crippen molar-refractivity contribution < 1.29 is 13.2 Å². The van der Waals surface area contributed by atoms with Crippen molar-refractivity contribution in [3.63, 3.8) is 0 Å². The monoisotopic (exact) mass is 299 g/mol. The lowest BCUT2D eigenvalue weighted by Crippen LogP contribution is -2.14. The minimum Gasteiger partial charge on any atom is -0.491 e. The first-order valence-corrected chi connectivity index (χ1v) is 8.89. The van der Waals surface area contributed by atoms with Crippen LogP contribution in [0.1, 0.15) is 45.2 Å². The summed E-state index contributed by atoms with van der Waals surface area (Å²) in [5, 5.41) is 0. The molecule has 4 nitrogen and oxygen atoms in total. The number of hydrogen-bond acceptors (Lipinski definition) is 4. The number of ether oxygens (including phenoxy) is 1. The fourth-order valence-corrected chi connectivity index (χ4v) is 2.82. The molecule has 1 unspecified atom stereocenters. The molecule has 1 aromatic rings. The molecular formula is C15H25NO3S. The van der Waals surface area contributed by atoms with E-state index in [1.165, 1.54) is 0 Å². The van der Waals surface area contributed by atoms with Gasteiger partial charge in [-0.1, -0.05) is 19.1 Å². The summed E-state index contributed by atoms with van der Waals surface area (Å²) < 4.78 is 28.5. The lowest BCUT2D eigenvalue weighted by atomic mass is 10.0. The van der Waals surface area contributed by atoms with Gasteiger partial charge in [0.1, 0.15) is 15.6 Å². The van der Waals surface area contributed by atoms with Crippen LogP contribution in [0.25, 0.3) is 0 Å². The summed E-state index contributed by atoms with van der Waals surface area (Å²) >= 11 is 0. The van der Waals surface area contributed by atoms with Crippen LogP contribution in [0.2, 0.25) is 0 Å². The largest absolute Gasteiger partial charge is 0.491 e. The topological polar surface area (TPSA) is 69.4 Å². The van der Waals surface area contributed by atoms with Crippen LogP contribution in [0, 0.1) is 0 Å². The molecule has 0 aliphatic heterocycles. The molecule has 20 heavy (non-hydrogen) atoms. The Balaban J connectivity index is 2.57. The predicted octanol–water partition coefficient (Wildman–Crippen LogP) is 2.69. The zero-order valence-electron chi connectivity index (χ0n) is 12.5. The van der Waals surface area contributed by atoms with Gasteiger partial charge in [0.2, 0.25) is 0 Å². The fourth-order valence-electron chi connectivity index (χ4n) is 1.92. The Kier molecular flexibility index (Phi) is 6.49. The summed E-state index contributed by atoms with van der Waals surface area (Å²) in [7, 11) is -2.90. The molecule has 0 heterocycles. The fraction of sp³-hybridized carbons (Fsp3) is 0.600. The highest BCUT2D eigenvalue weighted by atomic mass is 32.2. The molecule has 0 aromatic heterocycles. The van der Waals surface area contributed by atoms with Crippen molar-refractivity contribution >= 4 is 9.84 Å². The van der Waals surface area contributed by atoms with E-state index in [2.05, 4.69) is 0 Å². The number of hydrogen-bond donors (Lipinski definition) is 1. The third-order valence-electron chi connectivity index (χ3n) is 3.07. The Morgan fingerprint density at radius 2 is 2.00 bits per heavy atom. The van der Waals surface area contributed by atoms with E-state index < -0.39 is 9.84 Å². The molecule has 0 saturated heterocycles. The Labute approximate surface area is 122 Å². The van der Waals surface area contributed by atoms with Gasteiger partial charge >= 0.3 is 0 Å². The Morgan fingerprint density at radius 1 is 1.30 bits per heavy atom. The third kappa shape index (κ3) is 5.92. The molecular weight excluding hydrogens is 274 g/mol. The normalized spacial score (nSPS) is 13.4. The first-order valence-electron chi connectivity index (χ1n) is 7.06. The quantitative estimate of drug-likeness (QED) is 0.801. The molecule has 0 aliphatic rings. The van der Waals surface area contributed by atoms with Crippen LogP contribution in [0.5, 0.6) is 5.75 Å². The Hall–Kier alpha value is -1.07. The Morgan fingerprint density at radius 3 is 2.60 bits per heavy atom. The van der Waals surface area contributed by atoms with Gasteiger partial charge in [-0.15, -0.1) is 0 Å². The first-order chi connectivity index (χ1) is 9.34. The van der Waals surface area contributed by atoms with Gasteiger partial charge in [0.25, 0.3) is 0 Å². The molecule has 1 atom stereocenters. The second kappa shape index (κ2) is 7.64. The van der Waals surface area contributed by atoms with E-state index >= 15 is 0 Å². The van der Waals surface area contributed by atoms with Crippen LogP contribution >= 0.6 is 0 Å². The van der Waals surface area contributed by atoms with Gasteiger partial charge in [-0.3, -0.25) is 0 Å². The maximum absolute atomic E-state index is 11.4. The van der Waals surface area contributed by atoms with E-state index in [1.54, 1.807) is 6.92 Å². The minimum atomic E-state index is -2.90. The van der Waals surface area contributed by atoms with Crippen molar-refractivity contribution in [3.05, 3.63) is 29.8 Å². The molecule has 5 heteroatoms. The lowest BCUT2D eigenvalue weighted by Gasteiger charge is -2.15. The standard InChI is InChI=1S/C15H25NO3S/c1-4-20(17,18)10-6-9-15(16)13-7-5-8-14(11-13)19-12(2)3/h5,7-8,11-12,15H,4,6,9-10,16H2,1-3H3. The maximum atomic E-state index is 11.4. The van der Waals surface area contributed by atoms with Crippen LogP contribution < -0.4 is 10.5 Å². The molecule has 114 valence electrons. The summed E-state index contributed by atoms with van der Waals surface area (Å²) in [6.07, 6.45) is 1.37. The summed E-state index contributed by atoms with van der Waals surface area (Å²) in [4.78, 5) is 0. The van der Waals surface area contributed by atoms with Gasteiger partial charge in [-0.05, 0) is 44.4 Å². The predicted molar refractivity (Wildman–Crippen MR) is 82.7 cm³/mol. The highest BCUT2D eigenvalue weighted by Crippen LogP contribution is 2.22. The lowest BCUT2D eigenvalue weighted by molar-refractivity contribution is 0.242. The van der Waals surface area contributed by atoms with Gasteiger partial charge in [0.15, 0.2) is 0 Å². The zero-order chi connectivity index (χ0) is 15.2. The molecule has 0 aliphatic carbocycles. The molecule has 0 saturated carbocycles. The maximum Gasteiger partial charge on any atom is 0.150 e. The minimum absolute atomic E-state index is 0.121. The third-order valence-corrected chi connectivity index (χ3v) is 4.86. The summed E-state index contributed by atoms with van der Waals surface area (Å²) in [5.74, 6) is 1.20. The summed E-state index contributed by atoms with van der Waals surface area (Å²) in [5.41, 5.74) is 7.10. The van der Waals surface area contributed by atoms with Crippen molar-refractivity contribution in [2.45, 2.75) is 45.8 Å². The van der Waals surface area contributed by atoms with Crippen LogP contribution in [0.4, 0.5) is 0 Å². The van der Waals surface area contributed by atoms with E-state index in [1.807, 2.05) is 38.1 Å². The van der Waals surface area contributed by atoms with Gasteiger partial charge in [-0.25, -0.2) is 8.42 Å². The van der Waals surface area contributed by atoms with Gasteiger partial charge in [-0.2, -0.15) is 0 Å². The van der Waals surface area contributed by atoms with Crippen LogP contribution in [-0.4, -0.2) is 26.0 Å². The van der Waals surface area contributed by atoms with E-state index in [0.717, 1.165) is 11.3 Å².